The zero-order valence-electron chi connectivity index (χ0n) is 23.1. The third-order valence-electron chi connectivity index (χ3n) is 5.91. The third-order valence-corrected chi connectivity index (χ3v) is 8.34. The summed E-state index contributed by atoms with van der Waals surface area (Å²) in [7, 11) is 1.64. The van der Waals surface area contributed by atoms with Crippen molar-refractivity contribution >= 4 is 59.7 Å². The topological polar surface area (TPSA) is 200 Å². The quantitative estimate of drug-likeness (QED) is 0.0333. The molecule has 18 heteroatoms. The number of nitrogens with zero attached hydrogens (tertiary/aromatic N) is 6. The Morgan fingerprint density at radius 1 is 1.17 bits per heavy atom. The van der Waals surface area contributed by atoms with Gasteiger partial charge in [0.05, 0.1) is 13.2 Å². The number of unbranched alkanes of at least 4 members (excludes halogenated alkanes) is 2. The van der Waals surface area contributed by atoms with Crippen LogP contribution >= 0.6 is 23.5 Å². The largest absolute Gasteiger partial charge is 0.512 e. The Morgan fingerprint density at radius 3 is 2.43 bits per heavy atom. The smallest absolute Gasteiger partial charge is 0.462 e. The molecule has 0 saturated carbocycles. The molecule has 16 nitrogen and oxygen atoms in total. The lowest BCUT2D eigenvalue weighted by atomic mass is 10.0. The lowest BCUT2D eigenvalue weighted by molar-refractivity contribution is -0.158. The van der Waals surface area contributed by atoms with E-state index in [1.807, 2.05) is 0 Å². The maximum atomic E-state index is 13.6. The van der Waals surface area contributed by atoms with E-state index in [0.717, 1.165) is 22.3 Å². The van der Waals surface area contributed by atoms with E-state index in [4.69, 9.17) is 14.2 Å². The normalized spacial score (nSPS) is 17.5. The average Bonchev–Trinajstić information content (AvgIpc) is 3.36. The van der Waals surface area contributed by atoms with E-state index in [-0.39, 0.29) is 43.4 Å². The molecular formula is C24H30N6O10S2. The monoisotopic (exact) mass is 626 g/mol. The number of β-lactam (4-membered cyclic amide) rings is 1. The van der Waals surface area contributed by atoms with E-state index >= 15 is 0 Å². The summed E-state index contributed by atoms with van der Waals surface area (Å²) in [6.45, 7) is 2.96. The molecule has 0 aromatic carbocycles. The van der Waals surface area contributed by atoms with Gasteiger partial charge in [0.2, 0.25) is 16.9 Å². The predicted octanol–water partition coefficient (Wildman–Crippen LogP) is 1.09. The number of fused-ring (bicyclic) bond motifs is 1. The molecule has 1 saturated heterocycles. The van der Waals surface area contributed by atoms with Crippen molar-refractivity contribution in [1.82, 2.24) is 30.0 Å². The fraction of sp³-hybridized carbons (Fsp3) is 0.542. The molecule has 0 spiro atoms. The number of carboxylic acid groups (broad SMARTS) is 1. The van der Waals surface area contributed by atoms with Gasteiger partial charge < -0.3 is 29.0 Å². The predicted molar refractivity (Wildman–Crippen MR) is 145 cm³/mol. The van der Waals surface area contributed by atoms with Crippen molar-refractivity contribution in [2.75, 3.05) is 24.7 Å². The molecule has 1 unspecified atom stereocenters. The highest BCUT2D eigenvalue weighted by Crippen LogP contribution is 2.44. The highest BCUT2D eigenvalue weighted by atomic mass is 32.2. The Morgan fingerprint density at radius 2 is 1.86 bits per heavy atom. The second-order valence-corrected chi connectivity index (χ2v) is 10.7. The minimum atomic E-state index is -1.63. The van der Waals surface area contributed by atoms with Crippen molar-refractivity contribution in [3.05, 3.63) is 23.2 Å². The van der Waals surface area contributed by atoms with E-state index < -0.39 is 46.9 Å². The van der Waals surface area contributed by atoms with Crippen molar-refractivity contribution in [2.24, 2.45) is 7.05 Å². The minimum Gasteiger partial charge on any atom is -0.462 e. The van der Waals surface area contributed by atoms with Crippen LogP contribution in [0.15, 0.2) is 28.4 Å². The van der Waals surface area contributed by atoms with Gasteiger partial charge in [-0.25, -0.2) is 19.1 Å². The van der Waals surface area contributed by atoms with Gasteiger partial charge in [0.25, 0.3) is 5.91 Å². The Labute approximate surface area is 248 Å². The van der Waals surface area contributed by atoms with Gasteiger partial charge in [-0.3, -0.25) is 14.5 Å². The molecule has 1 N–H and O–H groups in total. The molecule has 1 aromatic rings. The Kier molecular flexibility index (Phi) is 11.9. The third kappa shape index (κ3) is 7.67. The first-order valence-corrected chi connectivity index (χ1v) is 14.9. The van der Waals surface area contributed by atoms with Crippen LogP contribution in [0.1, 0.15) is 39.5 Å². The summed E-state index contributed by atoms with van der Waals surface area (Å²) in [4.78, 5) is 76.6. The number of thioether (sulfide) groups is 2. The Bertz CT molecular complexity index is 1260. The zero-order valence-corrected chi connectivity index (χ0v) is 24.7. The van der Waals surface area contributed by atoms with Gasteiger partial charge in [0.15, 0.2) is 5.57 Å². The molecule has 0 aliphatic carbocycles. The molecule has 2 atom stereocenters. The van der Waals surface area contributed by atoms with Crippen LogP contribution in [0.5, 0.6) is 0 Å². The fourth-order valence-electron chi connectivity index (χ4n) is 3.99. The SMILES string of the molecule is CCOC(=O)C(=CN(C(=O)CCCCC=O)C1C(=O)N2C(OC(=O)O)=C(CSc3nnnn3C)CS[C@@H]12)C(=O)OCC. The molecule has 3 rings (SSSR count). The Hall–Kier alpha value is -3.93. The van der Waals surface area contributed by atoms with E-state index in [2.05, 4.69) is 15.5 Å². The van der Waals surface area contributed by atoms with Crippen molar-refractivity contribution < 1.29 is 48.1 Å². The number of rotatable bonds is 15. The van der Waals surface area contributed by atoms with Crippen LogP contribution in [0.25, 0.3) is 0 Å². The second-order valence-electron chi connectivity index (χ2n) is 8.70. The van der Waals surface area contributed by atoms with E-state index in [1.54, 1.807) is 7.05 Å². The minimum absolute atomic E-state index is 0.0598. The fourth-order valence-corrected chi connectivity index (χ4v) is 6.34. The number of ether oxygens (including phenoxy) is 3. The van der Waals surface area contributed by atoms with Crippen LogP contribution in [-0.4, -0.2) is 107 Å². The van der Waals surface area contributed by atoms with Crippen LogP contribution in [0.4, 0.5) is 4.79 Å². The molecule has 2 aliphatic rings. The van der Waals surface area contributed by atoms with E-state index in [0.29, 0.717) is 23.6 Å². The standard InChI is InChI=1S/C24H30N6O10S2/c1-4-38-21(34)15(22(35)39-5-2)11-29(16(32)9-7-6-8-10-31)17-18(33)30-19(40-24(36)37)14(12-41-20(17)30)13-42-23-25-26-27-28(23)3/h10-11,17,20H,4-9,12-13H2,1-3H3,(H,36,37)/t17?,20-/m0/s1. The molecule has 0 radical (unpaired) electrons. The van der Waals surface area contributed by atoms with Crippen LogP contribution in [-0.2, 0) is 45.2 Å². The number of aromatic nitrogens is 4. The number of hydrogen-bond donors (Lipinski definition) is 1. The van der Waals surface area contributed by atoms with Gasteiger partial charge in [-0.2, -0.15) is 0 Å². The number of amides is 2. The van der Waals surface area contributed by atoms with Crippen LogP contribution < -0.4 is 0 Å². The lowest BCUT2D eigenvalue weighted by Gasteiger charge is -2.51. The highest BCUT2D eigenvalue weighted by molar-refractivity contribution is 8.01. The molecular weight excluding hydrogens is 596 g/mol. The number of hydrogen-bond acceptors (Lipinski definition) is 14. The summed E-state index contributed by atoms with van der Waals surface area (Å²) in [6.07, 6.45) is 0.911. The molecule has 0 bridgehead atoms. The number of aldehydes is 1. The molecule has 1 aromatic heterocycles. The Balaban J connectivity index is 1.95. The number of esters is 2. The molecule has 228 valence electrons. The summed E-state index contributed by atoms with van der Waals surface area (Å²) in [6, 6.07) is -1.20. The van der Waals surface area contributed by atoms with E-state index in [9.17, 15) is 33.9 Å². The summed E-state index contributed by atoms with van der Waals surface area (Å²) < 4.78 is 16.4. The van der Waals surface area contributed by atoms with Gasteiger partial charge in [-0.1, -0.05) is 11.8 Å². The number of aryl methyl sites for hydroxylation is 1. The molecule has 2 aliphatic heterocycles. The molecule has 2 amide bonds. The van der Waals surface area contributed by atoms with Crippen molar-refractivity contribution in [3.8, 4) is 0 Å². The maximum Gasteiger partial charge on any atom is 0.512 e. The first-order chi connectivity index (χ1) is 20.1. The average molecular weight is 627 g/mol. The maximum absolute atomic E-state index is 13.6. The van der Waals surface area contributed by atoms with Crippen molar-refractivity contribution in [3.63, 3.8) is 0 Å². The van der Waals surface area contributed by atoms with Crippen LogP contribution in [0.3, 0.4) is 0 Å². The van der Waals surface area contributed by atoms with Gasteiger partial charge >= 0.3 is 18.1 Å². The summed E-state index contributed by atoms with van der Waals surface area (Å²) >= 11 is 2.46. The van der Waals surface area contributed by atoms with Crippen LogP contribution in [0.2, 0.25) is 0 Å². The number of tetrazole rings is 1. The van der Waals surface area contributed by atoms with Crippen molar-refractivity contribution in [1.29, 1.82) is 0 Å². The molecule has 42 heavy (non-hydrogen) atoms. The van der Waals surface area contributed by atoms with Gasteiger partial charge in [-0.15, -0.1) is 16.9 Å². The second kappa shape index (κ2) is 15.3. The highest BCUT2D eigenvalue weighted by Gasteiger charge is 2.56. The first-order valence-electron chi connectivity index (χ1n) is 12.9. The van der Waals surface area contributed by atoms with Crippen molar-refractivity contribution in [2.45, 2.75) is 56.1 Å². The zero-order chi connectivity index (χ0) is 30.8. The van der Waals surface area contributed by atoms with Gasteiger partial charge in [0.1, 0.15) is 17.7 Å². The summed E-state index contributed by atoms with van der Waals surface area (Å²) in [5, 5.41) is 20.2. The van der Waals surface area contributed by atoms with Gasteiger partial charge in [-0.05, 0) is 37.1 Å². The van der Waals surface area contributed by atoms with E-state index in [1.165, 1.54) is 42.1 Å². The molecule has 3 heterocycles. The summed E-state index contributed by atoms with van der Waals surface area (Å²) in [5.41, 5.74) is -0.0987. The number of carbonyl (C=O) groups excluding carboxylic acids is 5. The molecule has 1 fully saturated rings. The summed E-state index contributed by atoms with van der Waals surface area (Å²) in [5.74, 6) is -3.10. The van der Waals surface area contributed by atoms with Crippen LogP contribution in [0, 0.1) is 0 Å². The number of carbonyl (C=O) groups is 6. The lowest BCUT2D eigenvalue weighted by Crippen LogP contribution is -2.70. The first kappa shape index (κ1) is 32.6. The van der Waals surface area contributed by atoms with Gasteiger partial charge in [0, 0.05) is 43.2 Å².